The van der Waals surface area contributed by atoms with E-state index in [0.717, 1.165) is 12.1 Å². The molecule has 1 aliphatic heterocycles. The zero-order valence-corrected chi connectivity index (χ0v) is 12.5. The minimum Gasteiger partial charge on any atom is -0.481 e. The lowest BCUT2D eigenvalue weighted by molar-refractivity contribution is -0.141. The van der Waals surface area contributed by atoms with Crippen molar-refractivity contribution in [2.75, 3.05) is 13.1 Å². The van der Waals surface area contributed by atoms with Crippen LogP contribution in [-0.2, 0) is 17.5 Å². The van der Waals surface area contributed by atoms with Crippen molar-refractivity contribution >= 4 is 5.97 Å². The minimum atomic E-state index is -4.44. The van der Waals surface area contributed by atoms with Crippen molar-refractivity contribution in [3.8, 4) is 11.4 Å². The van der Waals surface area contributed by atoms with Gasteiger partial charge in [0.25, 0.3) is 0 Å². The second-order valence-electron chi connectivity index (χ2n) is 5.65. The first-order valence-electron chi connectivity index (χ1n) is 7.28. The Kier molecular flexibility index (Phi) is 4.27. The van der Waals surface area contributed by atoms with Crippen molar-refractivity contribution in [2.24, 2.45) is 5.92 Å². The molecule has 1 fully saturated rings. The van der Waals surface area contributed by atoms with Crippen molar-refractivity contribution in [3.05, 3.63) is 35.7 Å². The number of hydrogen-bond donors (Lipinski definition) is 1. The van der Waals surface area contributed by atoms with Crippen LogP contribution in [0, 0.1) is 5.92 Å². The Morgan fingerprint density at radius 1 is 1.42 bits per heavy atom. The molecule has 1 saturated heterocycles. The summed E-state index contributed by atoms with van der Waals surface area (Å²) >= 11 is 0. The molecule has 0 bridgehead atoms. The Hall–Kier alpha value is -2.42. The third-order valence-corrected chi connectivity index (χ3v) is 3.90. The van der Waals surface area contributed by atoms with Gasteiger partial charge in [0.1, 0.15) is 0 Å². The molecule has 1 aliphatic rings. The zero-order valence-electron chi connectivity index (χ0n) is 12.5. The fourth-order valence-electron chi connectivity index (χ4n) is 2.64. The van der Waals surface area contributed by atoms with E-state index in [9.17, 15) is 18.0 Å². The molecule has 1 unspecified atom stereocenters. The highest BCUT2D eigenvalue weighted by atomic mass is 19.4. The van der Waals surface area contributed by atoms with Crippen LogP contribution < -0.4 is 0 Å². The summed E-state index contributed by atoms with van der Waals surface area (Å²) in [7, 11) is 0. The minimum absolute atomic E-state index is 0.0741. The Morgan fingerprint density at radius 3 is 2.88 bits per heavy atom. The van der Waals surface area contributed by atoms with Crippen LogP contribution in [-0.4, -0.2) is 39.2 Å². The average molecular weight is 341 g/mol. The number of benzene rings is 1. The molecule has 2 heterocycles. The molecule has 0 aliphatic carbocycles. The lowest BCUT2D eigenvalue weighted by Crippen LogP contribution is -2.22. The predicted octanol–water partition coefficient (Wildman–Crippen LogP) is 2.66. The number of likely N-dealkylation sites (tertiary alicyclic amines) is 1. The van der Waals surface area contributed by atoms with Crippen molar-refractivity contribution in [1.82, 2.24) is 15.0 Å². The molecule has 0 radical (unpaired) electrons. The SMILES string of the molecule is O=C(O)C1CCN(Cc2nc(-c3cccc(C(F)(F)F)c3)no2)C1. The highest BCUT2D eigenvalue weighted by molar-refractivity contribution is 5.70. The first kappa shape index (κ1) is 16.4. The van der Waals surface area contributed by atoms with E-state index in [2.05, 4.69) is 10.1 Å². The number of halogens is 3. The number of rotatable bonds is 4. The van der Waals surface area contributed by atoms with E-state index in [1.165, 1.54) is 12.1 Å². The maximum atomic E-state index is 12.7. The normalized spacial score (nSPS) is 18.9. The van der Waals surface area contributed by atoms with Gasteiger partial charge in [-0.2, -0.15) is 18.2 Å². The summed E-state index contributed by atoms with van der Waals surface area (Å²) in [6.45, 7) is 1.25. The third-order valence-electron chi connectivity index (χ3n) is 3.90. The summed E-state index contributed by atoms with van der Waals surface area (Å²) in [6.07, 6.45) is -3.89. The Morgan fingerprint density at radius 2 is 2.21 bits per heavy atom. The summed E-state index contributed by atoms with van der Waals surface area (Å²) in [5.41, 5.74) is -0.570. The molecule has 0 amide bonds. The monoisotopic (exact) mass is 341 g/mol. The summed E-state index contributed by atoms with van der Waals surface area (Å²) in [5, 5.41) is 12.7. The number of hydrogen-bond acceptors (Lipinski definition) is 5. The van der Waals surface area contributed by atoms with E-state index in [-0.39, 0.29) is 23.8 Å². The second kappa shape index (κ2) is 6.23. The highest BCUT2D eigenvalue weighted by Gasteiger charge is 2.31. The number of alkyl halides is 3. The molecule has 128 valence electrons. The van der Waals surface area contributed by atoms with Crippen LogP contribution in [0.5, 0.6) is 0 Å². The number of carboxylic acids is 1. The van der Waals surface area contributed by atoms with E-state index >= 15 is 0 Å². The Bertz CT molecular complexity index is 745. The molecule has 6 nitrogen and oxygen atoms in total. The second-order valence-corrected chi connectivity index (χ2v) is 5.65. The number of nitrogens with zero attached hydrogens (tertiary/aromatic N) is 3. The van der Waals surface area contributed by atoms with E-state index in [0.29, 0.717) is 19.5 Å². The largest absolute Gasteiger partial charge is 0.481 e. The summed E-state index contributed by atoms with van der Waals surface area (Å²) in [4.78, 5) is 16.9. The third kappa shape index (κ3) is 3.56. The Labute approximate surface area is 134 Å². The van der Waals surface area contributed by atoms with Gasteiger partial charge in [-0.3, -0.25) is 9.69 Å². The molecule has 0 saturated carbocycles. The fourth-order valence-corrected chi connectivity index (χ4v) is 2.64. The van der Waals surface area contributed by atoms with Gasteiger partial charge in [-0.25, -0.2) is 0 Å². The van der Waals surface area contributed by atoms with Gasteiger partial charge in [-0.1, -0.05) is 17.3 Å². The molecule has 3 rings (SSSR count). The van der Waals surface area contributed by atoms with Crippen LogP contribution in [0.4, 0.5) is 13.2 Å². The van der Waals surface area contributed by atoms with Crippen molar-refractivity contribution in [1.29, 1.82) is 0 Å². The maximum Gasteiger partial charge on any atom is 0.416 e. The van der Waals surface area contributed by atoms with Gasteiger partial charge in [0.2, 0.25) is 11.7 Å². The van der Waals surface area contributed by atoms with E-state index < -0.39 is 23.6 Å². The first-order chi connectivity index (χ1) is 11.3. The molecule has 1 aromatic heterocycles. The van der Waals surface area contributed by atoms with Gasteiger partial charge in [0.05, 0.1) is 18.0 Å². The van der Waals surface area contributed by atoms with Gasteiger partial charge in [-0.15, -0.1) is 0 Å². The molecule has 1 aromatic carbocycles. The number of carbonyl (C=O) groups is 1. The summed E-state index contributed by atoms with van der Waals surface area (Å²) in [5.74, 6) is -0.943. The van der Waals surface area contributed by atoms with Crippen LogP contribution in [0.1, 0.15) is 17.9 Å². The molecule has 0 spiro atoms. The molecule has 24 heavy (non-hydrogen) atoms. The Balaban J connectivity index is 1.71. The van der Waals surface area contributed by atoms with Crippen LogP contribution in [0.25, 0.3) is 11.4 Å². The van der Waals surface area contributed by atoms with Crippen molar-refractivity contribution in [3.63, 3.8) is 0 Å². The highest BCUT2D eigenvalue weighted by Crippen LogP contribution is 2.31. The quantitative estimate of drug-likeness (QED) is 0.921. The van der Waals surface area contributed by atoms with E-state index in [4.69, 9.17) is 9.63 Å². The van der Waals surface area contributed by atoms with Crippen LogP contribution in [0.15, 0.2) is 28.8 Å². The van der Waals surface area contributed by atoms with Gasteiger partial charge >= 0.3 is 12.1 Å². The molecular weight excluding hydrogens is 327 g/mol. The van der Waals surface area contributed by atoms with E-state index in [1.54, 1.807) is 0 Å². The van der Waals surface area contributed by atoms with Crippen LogP contribution in [0.2, 0.25) is 0 Å². The first-order valence-corrected chi connectivity index (χ1v) is 7.28. The topological polar surface area (TPSA) is 79.5 Å². The van der Waals surface area contributed by atoms with E-state index in [1.807, 2.05) is 4.90 Å². The number of carboxylic acid groups (broad SMARTS) is 1. The molecule has 9 heteroatoms. The van der Waals surface area contributed by atoms with Gasteiger partial charge in [0, 0.05) is 12.1 Å². The number of aliphatic carboxylic acids is 1. The molecule has 1 N–H and O–H groups in total. The molecule has 1 atom stereocenters. The summed E-state index contributed by atoms with van der Waals surface area (Å²) in [6, 6.07) is 4.69. The summed E-state index contributed by atoms with van der Waals surface area (Å²) < 4.78 is 43.3. The fraction of sp³-hybridized carbons (Fsp3) is 0.400. The van der Waals surface area contributed by atoms with Gasteiger partial charge in [-0.05, 0) is 25.1 Å². The van der Waals surface area contributed by atoms with Crippen LogP contribution in [0.3, 0.4) is 0 Å². The standard InChI is InChI=1S/C15H14F3N3O3/c16-15(17,18)11-3-1-2-9(6-11)13-19-12(24-20-13)8-21-5-4-10(7-21)14(22)23/h1-3,6,10H,4-5,7-8H2,(H,22,23). The van der Waals surface area contributed by atoms with Crippen molar-refractivity contribution < 1.29 is 27.6 Å². The van der Waals surface area contributed by atoms with Gasteiger partial charge < -0.3 is 9.63 Å². The molecule has 2 aromatic rings. The maximum absolute atomic E-state index is 12.7. The lowest BCUT2D eigenvalue weighted by Gasteiger charge is -2.11. The van der Waals surface area contributed by atoms with Gasteiger partial charge in [0.15, 0.2) is 0 Å². The predicted molar refractivity (Wildman–Crippen MR) is 75.8 cm³/mol. The number of aromatic nitrogens is 2. The van der Waals surface area contributed by atoms with Crippen LogP contribution >= 0.6 is 0 Å². The van der Waals surface area contributed by atoms with Crippen molar-refractivity contribution in [2.45, 2.75) is 19.1 Å². The average Bonchev–Trinajstić information content (AvgIpc) is 3.16. The smallest absolute Gasteiger partial charge is 0.416 e. The lowest BCUT2D eigenvalue weighted by atomic mass is 10.1. The molecular formula is C15H14F3N3O3. The zero-order chi connectivity index (χ0) is 17.3.